The normalized spacial score (nSPS) is 13.8. The van der Waals surface area contributed by atoms with Crippen molar-refractivity contribution in [2.75, 3.05) is 11.9 Å². The van der Waals surface area contributed by atoms with Gasteiger partial charge in [0, 0.05) is 30.7 Å². The number of aromatic amines is 1. The van der Waals surface area contributed by atoms with E-state index in [9.17, 15) is 13.6 Å². The van der Waals surface area contributed by atoms with Crippen LogP contribution < -0.4 is 5.32 Å². The van der Waals surface area contributed by atoms with Crippen molar-refractivity contribution in [3.05, 3.63) is 65.4 Å². The number of carbonyl (C=O) groups is 1. The second kappa shape index (κ2) is 5.63. The second-order valence-electron chi connectivity index (χ2n) is 5.88. The van der Waals surface area contributed by atoms with Gasteiger partial charge in [-0.25, -0.2) is 13.6 Å². The maximum atomic E-state index is 13.5. The van der Waals surface area contributed by atoms with Gasteiger partial charge in [-0.15, -0.1) is 0 Å². The lowest BCUT2D eigenvalue weighted by molar-refractivity contribution is 0.206. The summed E-state index contributed by atoms with van der Waals surface area (Å²) in [6.45, 7) is 1.15. The highest BCUT2D eigenvalue weighted by Gasteiger charge is 2.21. The molecule has 0 radical (unpaired) electrons. The van der Waals surface area contributed by atoms with Crippen LogP contribution in [0.3, 0.4) is 0 Å². The molecule has 0 spiro atoms. The molecule has 1 aliphatic rings. The van der Waals surface area contributed by atoms with Gasteiger partial charge in [0.25, 0.3) is 0 Å². The number of benzene rings is 2. The average Bonchev–Trinajstić information content (AvgIpc) is 2.96. The van der Waals surface area contributed by atoms with Gasteiger partial charge in [-0.2, -0.15) is 0 Å². The molecule has 2 amide bonds. The molecule has 0 aliphatic carbocycles. The van der Waals surface area contributed by atoms with E-state index in [0.29, 0.717) is 29.7 Å². The Hall–Kier alpha value is -2.89. The van der Waals surface area contributed by atoms with Crippen molar-refractivity contribution in [2.24, 2.45) is 0 Å². The summed E-state index contributed by atoms with van der Waals surface area (Å²) in [5, 5.41) is 3.22. The SMILES string of the molecule is O=C(Nc1c[nH]c2cc(F)c(F)cc12)N1CCc2ccccc2C1. The number of hydrogen-bond acceptors (Lipinski definition) is 1. The largest absolute Gasteiger partial charge is 0.359 e. The van der Waals surface area contributed by atoms with Gasteiger partial charge >= 0.3 is 6.03 Å². The van der Waals surface area contributed by atoms with Crippen molar-refractivity contribution in [3.63, 3.8) is 0 Å². The van der Waals surface area contributed by atoms with E-state index in [-0.39, 0.29) is 6.03 Å². The summed E-state index contributed by atoms with van der Waals surface area (Å²) in [6, 6.07) is 9.95. The first-order valence-electron chi connectivity index (χ1n) is 7.70. The van der Waals surface area contributed by atoms with Crippen molar-refractivity contribution in [1.82, 2.24) is 9.88 Å². The predicted octanol–water partition coefficient (Wildman–Crippen LogP) is 4.04. The summed E-state index contributed by atoms with van der Waals surface area (Å²) in [5.74, 6) is -1.86. The van der Waals surface area contributed by atoms with Gasteiger partial charge in [-0.05, 0) is 23.6 Å². The van der Waals surface area contributed by atoms with Crippen LogP contribution in [0.1, 0.15) is 11.1 Å². The number of urea groups is 1. The molecule has 0 saturated carbocycles. The Balaban J connectivity index is 1.56. The van der Waals surface area contributed by atoms with Crippen molar-refractivity contribution in [3.8, 4) is 0 Å². The Kier molecular flexibility index (Phi) is 3.45. The molecule has 1 aliphatic heterocycles. The lowest BCUT2D eigenvalue weighted by Gasteiger charge is -2.28. The van der Waals surface area contributed by atoms with E-state index in [1.165, 1.54) is 5.56 Å². The molecule has 2 heterocycles. The highest BCUT2D eigenvalue weighted by Crippen LogP contribution is 2.26. The molecule has 4 nitrogen and oxygen atoms in total. The Bertz CT molecular complexity index is 935. The summed E-state index contributed by atoms with van der Waals surface area (Å²) in [5.41, 5.74) is 3.26. The fourth-order valence-electron chi connectivity index (χ4n) is 3.08. The van der Waals surface area contributed by atoms with Crippen LogP contribution in [-0.2, 0) is 13.0 Å². The molecule has 2 aromatic carbocycles. The van der Waals surface area contributed by atoms with E-state index in [2.05, 4.69) is 16.4 Å². The van der Waals surface area contributed by atoms with Crippen LogP contribution >= 0.6 is 0 Å². The van der Waals surface area contributed by atoms with Gasteiger partial charge in [0.2, 0.25) is 0 Å². The van der Waals surface area contributed by atoms with Crippen LogP contribution in [0.25, 0.3) is 10.9 Å². The molecular weight excluding hydrogens is 312 g/mol. The maximum Gasteiger partial charge on any atom is 0.322 e. The first kappa shape index (κ1) is 14.7. The number of H-pyrrole nitrogens is 1. The van der Waals surface area contributed by atoms with Gasteiger partial charge < -0.3 is 15.2 Å². The van der Waals surface area contributed by atoms with E-state index in [0.717, 1.165) is 24.1 Å². The number of amides is 2. The van der Waals surface area contributed by atoms with Crippen molar-refractivity contribution >= 4 is 22.6 Å². The van der Waals surface area contributed by atoms with Gasteiger partial charge in [0.15, 0.2) is 11.6 Å². The second-order valence-corrected chi connectivity index (χ2v) is 5.88. The van der Waals surface area contributed by atoms with Crippen molar-refractivity contribution in [1.29, 1.82) is 0 Å². The fourth-order valence-corrected chi connectivity index (χ4v) is 3.08. The molecule has 0 fully saturated rings. The monoisotopic (exact) mass is 327 g/mol. The Morgan fingerprint density at radius 2 is 1.88 bits per heavy atom. The topological polar surface area (TPSA) is 48.1 Å². The number of halogens is 2. The van der Waals surface area contributed by atoms with E-state index >= 15 is 0 Å². The van der Waals surface area contributed by atoms with E-state index in [4.69, 9.17) is 0 Å². The molecular formula is C18H15F2N3O. The zero-order valence-corrected chi connectivity index (χ0v) is 12.8. The van der Waals surface area contributed by atoms with Crippen LogP contribution in [-0.4, -0.2) is 22.5 Å². The van der Waals surface area contributed by atoms with Crippen LogP contribution in [0, 0.1) is 11.6 Å². The summed E-state index contributed by atoms with van der Waals surface area (Å²) >= 11 is 0. The molecule has 0 unspecified atom stereocenters. The first-order chi connectivity index (χ1) is 11.6. The van der Waals surface area contributed by atoms with E-state index in [1.54, 1.807) is 11.1 Å². The molecule has 0 bridgehead atoms. The number of rotatable bonds is 1. The summed E-state index contributed by atoms with van der Waals surface area (Å²) in [6.07, 6.45) is 2.34. The van der Waals surface area contributed by atoms with Crippen molar-refractivity contribution < 1.29 is 13.6 Å². The fraction of sp³-hybridized carbons (Fsp3) is 0.167. The Morgan fingerprint density at radius 1 is 1.12 bits per heavy atom. The van der Waals surface area contributed by atoms with Gasteiger partial charge in [0.05, 0.1) is 11.2 Å². The van der Waals surface area contributed by atoms with Crippen molar-refractivity contribution in [2.45, 2.75) is 13.0 Å². The first-order valence-corrected chi connectivity index (χ1v) is 7.70. The van der Waals surface area contributed by atoms with Crippen LogP contribution in [0.2, 0.25) is 0 Å². The summed E-state index contributed by atoms with van der Waals surface area (Å²) < 4.78 is 26.7. The number of aromatic nitrogens is 1. The quantitative estimate of drug-likeness (QED) is 0.696. The molecule has 4 rings (SSSR count). The number of nitrogens with zero attached hydrogens (tertiary/aromatic N) is 1. The van der Waals surface area contributed by atoms with Gasteiger partial charge in [-0.1, -0.05) is 24.3 Å². The predicted molar refractivity (Wildman–Crippen MR) is 87.8 cm³/mol. The number of carbonyl (C=O) groups excluding carboxylic acids is 1. The maximum absolute atomic E-state index is 13.5. The molecule has 1 aromatic heterocycles. The number of fused-ring (bicyclic) bond motifs is 2. The third kappa shape index (κ3) is 2.50. The highest BCUT2D eigenvalue weighted by atomic mass is 19.2. The minimum atomic E-state index is -0.940. The van der Waals surface area contributed by atoms with E-state index < -0.39 is 11.6 Å². The molecule has 24 heavy (non-hydrogen) atoms. The third-order valence-electron chi connectivity index (χ3n) is 4.38. The third-order valence-corrected chi connectivity index (χ3v) is 4.38. The number of hydrogen-bond donors (Lipinski definition) is 2. The lowest BCUT2D eigenvalue weighted by Crippen LogP contribution is -2.38. The number of anilines is 1. The molecule has 0 saturated heterocycles. The molecule has 6 heteroatoms. The minimum Gasteiger partial charge on any atom is -0.359 e. The zero-order valence-electron chi connectivity index (χ0n) is 12.8. The molecule has 2 N–H and O–H groups in total. The van der Waals surface area contributed by atoms with E-state index in [1.807, 2.05) is 18.2 Å². The molecule has 0 atom stereocenters. The highest BCUT2D eigenvalue weighted by molar-refractivity contribution is 6.01. The number of nitrogens with one attached hydrogen (secondary N) is 2. The van der Waals surface area contributed by atoms with Crippen LogP contribution in [0.15, 0.2) is 42.6 Å². The lowest BCUT2D eigenvalue weighted by atomic mass is 10.0. The van der Waals surface area contributed by atoms with Crippen LogP contribution in [0.5, 0.6) is 0 Å². The zero-order chi connectivity index (χ0) is 16.7. The minimum absolute atomic E-state index is 0.255. The molecule has 3 aromatic rings. The average molecular weight is 327 g/mol. The molecule has 122 valence electrons. The van der Waals surface area contributed by atoms with Crippen LogP contribution in [0.4, 0.5) is 19.3 Å². The van der Waals surface area contributed by atoms with Gasteiger partial charge in [0.1, 0.15) is 0 Å². The smallest absolute Gasteiger partial charge is 0.322 e. The summed E-state index contributed by atoms with van der Waals surface area (Å²) in [4.78, 5) is 17.1. The Morgan fingerprint density at radius 3 is 2.71 bits per heavy atom. The Labute approximate surface area is 137 Å². The standard InChI is InChI=1S/C18H15F2N3O/c19-14-7-13-16(8-15(14)20)21-9-17(13)22-18(24)23-6-5-11-3-1-2-4-12(11)10-23/h1-4,7-9,21H,5-6,10H2,(H,22,24). The summed E-state index contributed by atoms with van der Waals surface area (Å²) in [7, 11) is 0. The van der Waals surface area contributed by atoms with Gasteiger partial charge in [-0.3, -0.25) is 0 Å².